The van der Waals surface area contributed by atoms with Gasteiger partial charge in [0.2, 0.25) is 11.9 Å². The Morgan fingerprint density at radius 1 is 1.37 bits per heavy atom. The number of amides is 2. The standard InChI is InChI=1S/C17H20N6O4/c1-2-27-17(26)22-14(24)11(10-6-4-3-5-7-10)8-23-9-19-12-13(23)20-16(18)21-15(12)25/h3-7,11,19H,2,8-9H2,1H3,(H,22,24,26)(H3,18,20,21,25). The van der Waals surface area contributed by atoms with Crippen LogP contribution in [0.5, 0.6) is 0 Å². The van der Waals surface area contributed by atoms with Crippen LogP contribution < -0.4 is 26.8 Å². The largest absolute Gasteiger partial charge is 0.450 e. The van der Waals surface area contributed by atoms with E-state index in [2.05, 4.69) is 20.6 Å². The third-order valence-electron chi connectivity index (χ3n) is 4.09. The molecule has 0 saturated heterocycles. The molecule has 1 aliphatic rings. The Balaban J connectivity index is 1.87. The molecule has 1 unspecified atom stereocenters. The van der Waals surface area contributed by atoms with Gasteiger partial charge in [0.05, 0.1) is 19.2 Å². The van der Waals surface area contributed by atoms with Gasteiger partial charge in [-0.15, -0.1) is 0 Å². The summed E-state index contributed by atoms with van der Waals surface area (Å²) in [5, 5.41) is 5.18. The van der Waals surface area contributed by atoms with Crippen molar-refractivity contribution >= 4 is 29.5 Å². The molecule has 3 rings (SSSR count). The molecule has 1 aromatic carbocycles. The number of H-pyrrole nitrogens is 1. The summed E-state index contributed by atoms with van der Waals surface area (Å²) < 4.78 is 4.79. The molecule has 0 aliphatic carbocycles. The van der Waals surface area contributed by atoms with Crippen LogP contribution in [0.25, 0.3) is 0 Å². The number of nitrogens with one attached hydrogen (secondary N) is 3. The van der Waals surface area contributed by atoms with Crippen molar-refractivity contribution in [2.45, 2.75) is 12.8 Å². The molecule has 1 aromatic heterocycles. The van der Waals surface area contributed by atoms with Crippen molar-refractivity contribution in [1.29, 1.82) is 0 Å². The van der Waals surface area contributed by atoms with Crippen molar-refractivity contribution in [3.8, 4) is 0 Å². The summed E-state index contributed by atoms with van der Waals surface area (Å²) in [6.07, 6.45) is -0.804. The van der Waals surface area contributed by atoms with E-state index in [0.29, 0.717) is 17.1 Å². The first-order valence-electron chi connectivity index (χ1n) is 8.40. The summed E-state index contributed by atoms with van der Waals surface area (Å²) in [6.45, 7) is 2.28. The molecule has 0 radical (unpaired) electrons. The highest BCUT2D eigenvalue weighted by molar-refractivity contribution is 5.96. The average Bonchev–Trinajstić information content (AvgIpc) is 3.03. The third kappa shape index (κ3) is 4.00. The number of benzene rings is 1. The molecule has 2 aromatic rings. The first kappa shape index (κ1) is 18.2. The Hall–Kier alpha value is -3.56. The molecule has 1 atom stereocenters. The fourth-order valence-corrected chi connectivity index (χ4v) is 2.87. The van der Waals surface area contributed by atoms with Crippen LogP contribution in [0.2, 0.25) is 0 Å². The first-order valence-corrected chi connectivity index (χ1v) is 8.40. The maximum absolute atomic E-state index is 12.7. The molecule has 5 N–H and O–H groups in total. The maximum Gasteiger partial charge on any atom is 0.413 e. The van der Waals surface area contributed by atoms with Gasteiger partial charge >= 0.3 is 6.09 Å². The minimum absolute atomic E-state index is 0.0142. The van der Waals surface area contributed by atoms with Gasteiger partial charge in [-0.2, -0.15) is 4.98 Å². The third-order valence-corrected chi connectivity index (χ3v) is 4.09. The van der Waals surface area contributed by atoms with E-state index in [1.807, 2.05) is 6.07 Å². The number of imide groups is 1. The minimum Gasteiger partial charge on any atom is -0.450 e. The summed E-state index contributed by atoms with van der Waals surface area (Å²) in [5.41, 5.74) is 6.26. The Morgan fingerprint density at radius 2 is 2.11 bits per heavy atom. The van der Waals surface area contributed by atoms with E-state index >= 15 is 0 Å². The smallest absolute Gasteiger partial charge is 0.413 e. The molecular formula is C17H20N6O4. The van der Waals surface area contributed by atoms with E-state index in [-0.39, 0.29) is 31.3 Å². The minimum atomic E-state index is -0.804. The Labute approximate surface area is 154 Å². The molecule has 2 heterocycles. The molecule has 10 nitrogen and oxygen atoms in total. The fraction of sp³-hybridized carbons (Fsp3) is 0.294. The number of nitrogens with zero attached hydrogens (tertiary/aromatic N) is 2. The van der Waals surface area contributed by atoms with Crippen LogP contribution in [0, 0.1) is 0 Å². The Morgan fingerprint density at radius 3 is 2.81 bits per heavy atom. The number of carbonyl (C=O) groups excluding carboxylic acids is 2. The number of nitrogen functional groups attached to an aromatic ring is 1. The van der Waals surface area contributed by atoms with Crippen molar-refractivity contribution in [2.75, 3.05) is 35.8 Å². The number of anilines is 3. The molecule has 0 bridgehead atoms. The predicted octanol–water partition coefficient (Wildman–Crippen LogP) is 0.598. The molecule has 0 fully saturated rings. The van der Waals surface area contributed by atoms with Gasteiger partial charge in [-0.1, -0.05) is 30.3 Å². The van der Waals surface area contributed by atoms with Gasteiger partial charge in [-0.05, 0) is 12.5 Å². The van der Waals surface area contributed by atoms with Crippen LogP contribution in [0.4, 0.5) is 22.2 Å². The lowest BCUT2D eigenvalue weighted by Gasteiger charge is -2.24. The van der Waals surface area contributed by atoms with Gasteiger partial charge < -0.3 is 20.7 Å². The molecule has 2 amide bonds. The zero-order valence-electron chi connectivity index (χ0n) is 14.7. The number of hydrogen-bond donors (Lipinski definition) is 4. The van der Waals surface area contributed by atoms with E-state index < -0.39 is 17.9 Å². The molecule has 0 saturated carbocycles. The van der Waals surface area contributed by atoms with E-state index in [1.54, 1.807) is 36.1 Å². The first-order chi connectivity index (χ1) is 13.0. The SMILES string of the molecule is CCOC(=O)NC(=O)C(CN1CNc2c1nc(N)[nH]c2=O)c1ccccc1. The maximum atomic E-state index is 12.7. The van der Waals surface area contributed by atoms with Crippen molar-refractivity contribution < 1.29 is 14.3 Å². The zero-order chi connectivity index (χ0) is 19.4. The van der Waals surface area contributed by atoms with Gasteiger partial charge in [0.15, 0.2) is 5.82 Å². The van der Waals surface area contributed by atoms with Gasteiger partial charge in [-0.25, -0.2) is 4.79 Å². The lowest BCUT2D eigenvalue weighted by molar-refractivity contribution is -0.121. The lowest BCUT2D eigenvalue weighted by atomic mass is 9.97. The number of hydrogen-bond acceptors (Lipinski definition) is 8. The molecule has 0 spiro atoms. The number of aromatic amines is 1. The van der Waals surface area contributed by atoms with E-state index in [9.17, 15) is 14.4 Å². The van der Waals surface area contributed by atoms with Crippen LogP contribution in [0.1, 0.15) is 18.4 Å². The summed E-state index contributed by atoms with van der Waals surface area (Å²) >= 11 is 0. The van der Waals surface area contributed by atoms with Crippen LogP contribution in [-0.4, -0.2) is 41.8 Å². The van der Waals surface area contributed by atoms with Gasteiger partial charge in [-0.3, -0.25) is 19.9 Å². The van der Waals surface area contributed by atoms with E-state index in [1.165, 1.54) is 0 Å². The molecule has 10 heteroatoms. The second-order valence-electron chi connectivity index (χ2n) is 5.88. The summed E-state index contributed by atoms with van der Waals surface area (Å²) in [6, 6.07) is 9.02. The fourth-order valence-electron chi connectivity index (χ4n) is 2.87. The van der Waals surface area contributed by atoms with Gasteiger partial charge in [0.1, 0.15) is 5.69 Å². The highest BCUT2D eigenvalue weighted by Crippen LogP contribution is 2.28. The van der Waals surface area contributed by atoms with Crippen molar-refractivity contribution in [1.82, 2.24) is 15.3 Å². The number of alkyl carbamates (subject to hydrolysis) is 1. The molecule has 142 valence electrons. The van der Waals surface area contributed by atoms with E-state index in [0.717, 1.165) is 0 Å². The summed E-state index contributed by atoms with van der Waals surface area (Å²) in [4.78, 5) is 44.6. The Bertz CT molecular complexity index is 898. The van der Waals surface area contributed by atoms with Crippen LogP contribution in [0.3, 0.4) is 0 Å². The molecule has 1 aliphatic heterocycles. The summed E-state index contributed by atoms with van der Waals surface area (Å²) in [7, 11) is 0. The number of ether oxygens (including phenoxy) is 1. The highest BCUT2D eigenvalue weighted by atomic mass is 16.5. The van der Waals surface area contributed by atoms with Crippen LogP contribution in [0.15, 0.2) is 35.1 Å². The van der Waals surface area contributed by atoms with Crippen molar-refractivity contribution in [2.24, 2.45) is 0 Å². The molecule has 27 heavy (non-hydrogen) atoms. The van der Waals surface area contributed by atoms with Crippen LogP contribution >= 0.6 is 0 Å². The van der Waals surface area contributed by atoms with E-state index in [4.69, 9.17) is 10.5 Å². The number of carbonyl (C=O) groups is 2. The van der Waals surface area contributed by atoms with Gasteiger partial charge in [0.25, 0.3) is 5.56 Å². The topological polar surface area (TPSA) is 142 Å². The second kappa shape index (κ2) is 7.77. The second-order valence-corrected chi connectivity index (χ2v) is 5.88. The zero-order valence-corrected chi connectivity index (χ0v) is 14.7. The van der Waals surface area contributed by atoms with Crippen LogP contribution in [-0.2, 0) is 9.53 Å². The number of nitrogens with two attached hydrogens (primary N) is 1. The summed E-state index contributed by atoms with van der Waals surface area (Å²) in [5.74, 6) is -0.850. The number of fused-ring (bicyclic) bond motifs is 1. The van der Waals surface area contributed by atoms with Gasteiger partial charge in [0, 0.05) is 6.54 Å². The van der Waals surface area contributed by atoms with Crippen molar-refractivity contribution in [3.05, 3.63) is 46.2 Å². The average molecular weight is 372 g/mol. The molecular weight excluding hydrogens is 352 g/mol. The number of aromatic nitrogens is 2. The monoisotopic (exact) mass is 372 g/mol. The van der Waals surface area contributed by atoms with Crippen molar-refractivity contribution in [3.63, 3.8) is 0 Å². The number of rotatable bonds is 5. The predicted molar refractivity (Wildman–Crippen MR) is 99.5 cm³/mol. The normalized spacial score (nSPS) is 13.4. The lowest BCUT2D eigenvalue weighted by Crippen LogP contribution is -2.40. The quantitative estimate of drug-likeness (QED) is 0.597. The Kier molecular flexibility index (Phi) is 5.25. The highest BCUT2D eigenvalue weighted by Gasteiger charge is 2.30.